The SMILES string of the molecule is O=C(N1CCNCC1)n1nccn1. The number of nitrogens with zero attached hydrogens (tertiary/aromatic N) is 4. The van der Waals surface area contributed by atoms with Gasteiger partial charge in [-0.3, -0.25) is 0 Å². The Balaban J connectivity index is 2.04. The molecular weight excluding hydrogens is 170 g/mol. The van der Waals surface area contributed by atoms with E-state index in [-0.39, 0.29) is 6.03 Å². The summed E-state index contributed by atoms with van der Waals surface area (Å²) in [4.78, 5) is 14.4. The summed E-state index contributed by atoms with van der Waals surface area (Å²) in [6.45, 7) is 3.13. The van der Waals surface area contributed by atoms with E-state index in [1.807, 2.05) is 0 Å². The zero-order valence-corrected chi connectivity index (χ0v) is 7.18. The van der Waals surface area contributed by atoms with Gasteiger partial charge in [-0.1, -0.05) is 4.80 Å². The van der Waals surface area contributed by atoms with E-state index in [1.54, 1.807) is 4.90 Å². The molecule has 1 aliphatic rings. The van der Waals surface area contributed by atoms with Crippen LogP contribution in [0.4, 0.5) is 4.79 Å². The lowest BCUT2D eigenvalue weighted by Crippen LogP contribution is -2.48. The van der Waals surface area contributed by atoms with Crippen LogP contribution < -0.4 is 5.32 Å². The van der Waals surface area contributed by atoms with Gasteiger partial charge in [0.25, 0.3) is 0 Å². The summed E-state index contributed by atoms with van der Waals surface area (Å²) in [5.74, 6) is 0. The fraction of sp³-hybridized carbons (Fsp3) is 0.571. The Morgan fingerprint density at radius 3 is 2.46 bits per heavy atom. The van der Waals surface area contributed by atoms with Crippen LogP contribution in [0.25, 0.3) is 0 Å². The van der Waals surface area contributed by atoms with Crippen molar-refractivity contribution in [3.05, 3.63) is 12.4 Å². The van der Waals surface area contributed by atoms with Crippen molar-refractivity contribution in [2.75, 3.05) is 26.2 Å². The fourth-order valence-electron chi connectivity index (χ4n) is 1.30. The van der Waals surface area contributed by atoms with Crippen LogP contribution in [0.1, 0.15) is 0 Å². The highest BCUT2D eigenvalue weighted by Crippen LogP contribution is 1.95. The highest BCUT2D eigenvalue weighted by atomic mass is 16.2. The molecule has 0 atom stereocenters. The predicted octanol–water partition coefficient (Wildman–Crippen LogP) is -0.849. The van der Waals surface area contributed by atoms with Crippen LogP contribution in [0.2, 0.25) is 0 Å². The predicted molar refractivity (Wildman–Crippen MR) is 45.3 cm³/mol. The van der Waals surface area contributed by atoms with Crippen LogP contribution >= 0.6 is 0 Å². The first-order chi connectivity index (χ1) is 6.38. The van der Waals surface area contributed by atoms with Crippen LogP contribution in [0.5, 0.6) is 0 Å². The molecule has 1 aromatic heterocycles. The number of carbonyl (C=O) groups is 1. The van der Waals surface area contributed by atoms with Gasteiger partial charge in [0.05, 0.1) is 12.4 Å². The molecular formula is C7H11N5O. The van der Waals surface area contributed by atoms with Gasteiger partial charge in [-0.2, -0.15) is 10.2 Å². The van der Waals surface area contributed by atoms with Crippen LogP contribution in [0.15, 0.2) is 12.4 Å². The van der Waals surface area contributed by atoms with Crippen LogP contribution in [-0.4, -0.2) is 52.1 Å². The van der Waals surface area contributed by atoms with Gasteiger partial charge in [0.1, 0.15) is 0 Å². The summed E-state index contributed by atoms with van der Waals surface area (Å²) < 4.78 is 0. The first-order valence-electron chi connectivity index (χ1n) is 4.24. The quantitative estimate of drug-likeness (QED) is 0.566. The van der Waals surface area contributed by atoms with Gasteiger partial charge >= 0.3 is 6.03 Å². The van der Waals surface area contributed by atoms with Crippen molar-refractivity contribution in [1.82, 2.24) is 25.2 Å². The molecule has 1 amide bonds. The average Bonchev–Trinajstić information content (AvgIpc) is 2.71. The molecule has 2 rings (SSSR count). The third kappa shape index (κ3) is 1.67. The molecule has 1 fully saturated rings. The lowest BCUT2D eigenvalue weighted by atomic mass is 10.4. The number of aromatic nitrogens is 3. The van der Waals surface area contributed by atoms with Gasteiger partial charge in [-0.05, 0) is 0 Å². The van der Waals surface area contributed by atoms with Crippen molar-refractivity contribution < 1.29 is 4.79 Å². The molecule has 6 nitrogen and oxygen atoms in total. The molecule has 0 unspecified atom stereocenters. The lowest BCUT2D eigenvalue weighted by molar-refractivity contribution is 0.184. The molecule has 70 valence electrons. The van der Waals surface area contributed by atoms with Crippen LogP contribution in [-0.2, 0) is 0 Å². The Morgan fingerprint density at radius 1 is 1.23 bits per heavy atom. The summed E-state index contributed by atoms with van der Waals surface area (Å²) >= 11 is 0. The van der Waals surface area contributed by atoms with Crippen molar-refractivity contribution in [3.8, 4) is 0 Å². The van der Waals surface area contributed by atoms with Crippen molar-refractivity contribution in [2.24, 2.45) is 0 Å². The third-order valence-electron chi connectivity index (χ3n) is 1.98. The molecule has 6 heteroatoms. The van der Waals surface area contributed by atoms with Crippen molar-refractivity contribution in [1.29, 1.82) is 0 Å². The summed E-state index contributed by atoms with van der Waals surface area (Å²) in [5.41, 5.74) is 0. The second-order valence-electron chi connectivity index (χ2n) is 2.84. The Kier molecular flexibility index (Phi) is 2.22. The summed E-state index contributed by atoms with van der Waals surface area (Å²) in [5, 5.41) is 10.7. The van der Waals surface area contributed by atoms with E-state index in [0.29, 0.717) is 0 Å². The Labute approximate surface area is 75.5 Å². The second kappa shape index (κ2) is 3.53. The first kappa shape index (κ1) is 8.18. The fourth-order valence-corrected chi connectivity index (χ4v) is 1.30. The highest BCUT2D eigenvalue weighted by molar-refractivity contribution is 5.74. The molecule has 1 aromatic rings. The molecule has 1 aliphatic heterocycles. The van der Waals surface area contributed by atoms with E-state index in [0.717, 1.165) is 31.0 Å². The van der Waals surface area contributed by atoms with Gasteiger partial charge in [-0.25, -0.2) is 4.79 Å². The zero-order valence-electron chi connectivity index (χ0n) is 7.18. The van der Waals surface area contributed by atoms with Crippen LogP contribution in [0.3, 0.4) is 0 Å². The zero-order chi connectivity index (χ0) is 9.10. The lowest BCUT2D eigenvalue weighted by Gasteiger charge is -2.26. The van der Waals surface area contributed by atoms with E-state index in [1.165, 1.54) is 12.4 Å². The van der Waals surface area contributed by atoms with Crippen molar-refractivity contribution >= 4 is 6.03 Å². The minimum Gasteiger partial charge on any atom is -0.319 e. The number of rotatable bonds is 0. The standard InChI is InChI=1S/C7H11N5O/c13-7(12-9-1-2-10-12)11-5-3-8-4-6-11/h1-2,8H,3-6H2. The number of hydrogen-bond acceptors (Lipinski definition) is 4. The molecule has 0 aliphatic carbocycles. The Bertz CT molecular complexity index is 277. The molecule has 0 bridgehead atoms. The normalized spacial score (nSPS) is 17.4. The molecule has 0 spiro atoms. The molecule has 0 radical (unpaired) electrons. The van der Waals surface area contributed by atoms with Gasteiger partial charge in [0, 0.05) is 26.2 Å². The minimum atomic E-state index is -0.147. The summed E-state index contributed by atoms with van der Waals surface area (Å²) in [6, 6.07) is -0.147. The van der Waals surface area contributed by atoms with Gasteiger partial charge in [-0.15, -0.1) is 0 Å². The molecule has 1 saturated heterocycles. The monoisotopic (exact) mass is 181 g/mol. The second-order valence-corrected chi connectivity index (χ2v) is 2.84. The molecule has 0 saturated carbocycles. The third-order valence-corrected chi connectivity index (χ3v) is 1.98. The van der Waals surface area contributed by atoms with E-state index in [4.69, 9.17) is 0 Å². The van der Waals surface area contributed by atoms with Gasteiger partial charge in [0.15, 0.2) is 0 Å². The highest BCUT2D eigenvalue weighted by Gasteiger charge is 2.18. The molecule has 1 N–H and O–H groups in total. The van der Waals surface area contributed by atoms with E-state index >= 15 is 0 Å². The van der Waals surface area contributed by atoms with E-state index in [9.17, 15) is 4.79 Å². The average molecular weight is 181 g/mol. The summed E-state index contributed by atoms with van der Waals surface area (Å²) in [7, 11) is 0. The first-order valence-corrected chi connectivity index (χ1v) is 4.24. The van der Waals surface area contributed by atoms with Crippen molar-refractivity contribution in [2.45, 2.75) is 0 Å². The maximum absolute atomic E-state index is 11.6. The number of carbonyl (C=O) groups excluding carboxylic acids is 1. The number of nitrogens with one attached hydrogen (secondary N) is 1. The van der Waals surface area contributed by atoms with Crippen LogP contribution in [0, 0.1) is 0 Å². The van der Waals surface area contributed by atoms with Gasteiger partial charge < -0.3 is 10.2 Å². The molecule has 13 heavy (non-hydrogen) atoms. The Hall–Kier alpha value is -1.43. The smallest absolute Gasteiger partial charge is 0.319 e. The maximum Gasteiger partial charge on any atom is 0.362 e. The summed E-state index contributed by atoms with van der Waals surface area (Å²) in [6.07, 6.45) is 3.00. The Morgan fingerprint density at radius 2 is 1.85 bits per heavy atom. The molecule has 2 heterocycles. The molecule has 0 aromatic carbocycles. The topological polar surface area (TPSA) is 63.1 Å². The number of hydrogen-bond donors (Lipinski definition) is 1. The minimum absolute atomic E-state index is 0.147. The number of amides is 1. The van der Waals surface area contributed by atoms with Gasteiger partial charge in [0.2, 0.25) is 0 Å². The maximum atomic E-state index is 11.6. The van der Waals surface area contributed by atoms with E-state index < -0.39 is 0 Å². The van der Waals surface area contributed by atoms with Crippen molar-refractivity contribution in [3.63, 3.8) is 0 Å². The largest absolute Gasteiger partial charge is 0.362 e. The number of piperazine rings is 1. The van der Waals surface area contributed by atoms with E-state index in [2.05, 4.69) is 15.5 Å².